The lowest BCUT2D eigenvalue weighted by Gasteiger charge is -2.32. The van der Waals surface area contributed by atoms with E-state index in [0.29, 0.717) is 22.8 Å². The third kappa shape index (κ3) is 7.51. The molecule has 0 aromatic heterocycles. The Kier molecular flexibility index (Phi) is 10.5. The van der Waals surface area contributed by atoms with Crippen LogP contribution in [0.3, 0.4) is 0 Å². The lowest BCUT2D eigenvalue weighted by molar-refractivity contribution is -0.139. The Labute approximate surface area is 239 Å². The fourth-order valence-corrected chi connectivity index (χ4v) is 5.48. The Balaban J connectivity index is 2.03. The van der Waals surface area contributed by atoms with Crippen LogP contribution in [0.2, 0.25) is 5.02 Å². The van der Waals surface area contributed by atoms with Gasteiger partial charge in [-0.1, -0.05) is 36.7 Å². The van der Waals surface area contributed by atoms with E-state index in [1.165, 1.54) is 48.4 Å². The van der Waals surface area contributed by atoms with Crippen molar-refractivity contribution in [2.24, 2.45) is 0 Å². The van der Waals surface area contributed by atoms with E-state index in [4.69, 9.17) is 16.3 Å². The quantitative estimate of drug-likeness (QED) is 0.320. The Morgan fingerprint density at radius 1 is 1.00 bits per heavy atom. The van der Waals surface area contributed by atoms with Crippen LogP contribution >= 0.6 is 11.6 Å². The fourth-order valence-electron chi connectivity index (χ4n) is 3.87. The van der Waals surface area contributed by atoms with Crippen LogP contribution in [0.1, 0.15) is 32.8 Å². The number of halogens is 2. The first kappa shape index (κ1) is 30.9. The van der Waals surface area contributed by atoms with Gasteiger partial charge in [-0.2, -0.15) is 0 Å². The van der Waals surface area contributed by atoms with Crippen LogP contribution in [-0.2, 0) is 26.2 Å². The van der Waals surface area contributed by atoms with Gasteiger partial charge in [0.25, 0.3) is 10.0 Å². The standard InChI is InChI=1S/C29H33ClFN3O5S/c1-5-20(2)32-29(36)21(3)33(18-22-8-6-7-9-27(22)30)28(35)19-34(24-12-10-23(31)11-13-24)40(37,38)26-16-14-25(39-4)15-17-26/h6-17,20-21H,5,18-19H2,1-4H3,(H,32,36)/t20-,21+/m1/s1. The summed E-state index contributed by atoms with van der Waals surface area (Å²) in [6.07, 6.45) is 0.690. The summed E-state index contributed by atoms with van der Waals surface area (Å²) >= 11 is 6.37. The van der Waals surface area contributed by atoms with E-state index < -0.39 is 34.3 Å². The average molecular weight is 590 g/mol. The lowest BCUT2D eigenvalue weighted by atomic mass is 10.1. The molecule has 0 spiro atoms. The van der Waals surface area contributed by atoms with Crippen molar-refractivity contribution in [1.29, 1.82) is 0 Å². The molecular weight excluding hydrogens is 557 g/mol. The maximum atomic E-state index is 13.9. The maximum Gasteiger partial charge on any atom is 0.264 e. The van der Waals surface area contributed by atoms with E-state index in [-0.39, 0.29) is 29.1 Å². The molecule has 3 aromatic carbocycles. The molecule has 0 unspecified atom stereocenters. The zero-order chi connectivity index (χ0) is 29.4. The number of nitrogens with zero attached hydrogens (tertiary/aromatic N) is 2. The molecule has 3 rings (SSSR count). The van der Waals surface area contributed by atoms with E-state index in [1.807, 2.05) is 13.8 Å². The summed E-state index contributed by atoms with van der Waals surface area (Å²) in [5.41, 5.74) is 0.673. The number of amides is 2. The minimum absolute atomic E-state index is 0.0343. The molecule has 1 N–H and O–H groups in total. The molecule has 0 fully saturated rings. The summed E-state index contributed by atoms with van der Waals surface area (Å²) in [5.74, 6) is -1.14. The van der Waals surface area contributed by atoms with Crippen LogP contribution in [0.5, 0.6) is 5.75 Å². The molecule has 0 aliphatic carbocycles. The molecule has 0 heterocycles. The highest BCUT2D eigenvalue weighted by Gasteiger charge is 2.33. The number of methoxy groups -OCH3 is 1. The third-order valence-electron chi connectivity index (χ3n) is 6.51. The van der Waals surface area contributed by atoms with Gasteiger partial charge in [0.15, 0.2) is 0 Å². The molecule has 0 saturated heterocycles. The molecule has 40 heavy (non-hydrogen) atoms. The Bertz CT molecular complexity index is 1420. The van der Waals surface area contributed by atoms with Gasteiger partial charge in [-0.3, -0.25) is 13.9 Å². The van der Waals surface area contributed by atoms with Crippen LogP contribution in [0.15, 0.2) is 77.7 Å². The van der Waals surface area contributed by atoms with Crippen molar-refractivity contribution in [2.45, 2.75) is 50.7 Å². The van der Waals surface area contributed by atoms with Gasteiger partial charge >= 0.3 is 0 Å². The average Bonchev–Trinajstić information content (AvgIpc) is 2.95. The second-order valence-electron chi connectivity index (χ2n) is 9.27. The highest BCUT2D eigenvalue weighted by molar-refractivity contribution is 7.92. The molecule has 11 heteroatoms. The predicted molar refractivity (Wildman–Crippen MR) is 153 cm³/mol. The molecule has 3 aromatic rings. The molecule has 8 nitrogen and oxygen atoms in total. The molecule has 2 amide bonds. The Hall–Kier alpha value is -3.63. The van der Waals surface area contributed by atoms with E-state index in [2.05, 4.69) is 5.32 Å². The minimum atomic E-state index is -4.29. The van der Waals surface area contributed by atoms with Gasteiger partial charge < -0.3 is 15.0 Å². The molecule has 0 aliphatic heterocycles. The monoisotopic (exact) mass is 589 g/mol. The first-order valence-corrected chi connectivity index (χ1v) is 14.5. The molecule has 0 radical (unpaired) electrons. The molecule has 0 aliphatic rings. The van der Waals surface area contributed by atoms with Gasteiger partial charge in [-0.05, 0) is 80.4 Å². The van der Waals surface area contributed by atoms with Crippen molar-refractivity contribution in [2.75, 3.05) is 18.0 Å². The zero-order valence-electron chi connectivity index (χ0n) is 22.8. The highest BCUT2D eigenvalue weighted by Crippen LogP contribution is 2.27. The van der Waals surface area contributed by atoms with Crippen molar-refractivity contribution < 1.29 is 27.1 Å². The third-order valence-corrected chi connectivity index (χ3v) is 8.66. The number of anilines is 1. The van der Waals surface area contributed by atoms with Gasteiger partial charge in [0, 0.05) is 17.6 Å². The first-order chi connectivity index (χ1) is 19.0. The van der Waals surface area contributed by atoms with E-state index in [0.717, 1.165) is 16.4 Å². The van der Waals surface area contributed by atoms with Gasteiger partial charge in [0.1, 0.15) is 24.2 Å². The molecular formula is C29H33ClFN3O5S. The van der Waals surface area contributed by atoms with Gasteiger partial charge in [-0.25, -0.2) is 12.8 Å². The zero-order valence-corrected chi connectivity index (χ0v) is 24.4. The van der Waals surface area contributed by atoms with E-state index in [1.54, 1.807) is 31.2 Å². The Morgan fingerprint density at radius 2 is 1.62 bits per heavy atom. The second-order valence-corrected chi connectivity index (χ2v) is 11.5. The Morgan fingerprint density at radius 3 is 2.20 bits per heavy atom. The number of nitrogens with one attached hydrogen (secondary N) is 1. The summed E-state index contributed by atoms with van der Waals surface area (Å²) in [7, 11) is -2.83. The summed E-state index contributed by atoms with van der Waals surface area (Å²) in [5, 5.41) is 3.27. The summed E-state index contributed by atoms with van der Waals surface area (Å²) in [4.78, 5) is 28.2. The van der Waals surface area contributed by atoms with Crippen LogP contribution < -0.4 is 14.4 Å². The normalized spacial score (nSPS) is 12.8. The summed E-state index contributed by atoms with van der Waals surface area (Å²) in [6.45, 7) is 4.67. The van der Waals surface area contributed by atoms with Gasteiger partial charge in [0.2, 0.25) is 11.8 Å². The van der Waals surface area contributed by atoms with Crippen LogP contribution in [-0.4, -0.2) is 50.9 Å². The number of sulfonamides is 1. The molecule has 0 saturated carbocycles. The highest BCUT2D eigenvalue weighted by atomic mass is 35.5. The fraction of sp³-hybridized carbons (Fsp3) is 0.310. The van der Waals surface area contributed by atoms with Crippen molar-refractivity contribution in [3.05, 3.63) is 89.2 Å². The van der Waals surface area contributed by atoms with Crippen LogP contribution in [0, 0.1) is 5.82 Å². The minimum Gasteiger partial charge on any atom is -0.497 e. The molecule has 0 bridgehead atoms. The number of hydrogen-bond acceptors (Lipinski definition) is 5. The van der Waals surface area contributed by atoms with Gasteiger partial charge in [-0.15, -0.1) is 0 Å². The van der Waals surface area contributed by atoms with Crippen LogP contribution in [0.4, 0.5) is 10.1 Å². The number of carbonyl (C=O) groups is 2. The predicted octanol–water partition coefficient (Wildman–Crippen LogP) is 5.02. The SMILES string of the molecule is CC[C@@H](C)NC(=O)[C@H](C)N(Cc1ccccc1Cl)C(=O)CN(c1ccc(F)cc1)S(=O)(=O)c1ccc(OC)cc1. The van der Waals surface area contributed by atoms with E-state index in [9.17, 15) is 22.4 Å². The van der Waals surface area contributed by atoms with Crippen molar-refractivity contribution in [3.8, 4) is 5.75 Å². The first-order valence-electron chi connectivity index (χ1n) is 12.7. The summed E-state index contributed by atoms with van der Waals surface area (Å²) < 4.78 is 47.4. The van der Waals surface area contributed by atoms with Crippen molar-refractivity contribution >= 4 is 39.1 Å². The topological polar surface area (TPSA) is 96.0 Å². The number of hydrogen-bond donors (Lipinski definition) is 1. The number of ether oxygens (including phenoxy) is 1. The largest absolute Gasteiger partial charge is 0.497 e. The summed E-state index contributed by atoms with van der Waals surface area (Å²) in [6, 6.07) is 16.3. The second kappa shape index (κ2) is 13.6. The lowest BCUT2D eigenvalue weighted by Crippen LogP contribution is -2.52. The number of carbonyl (C=O) groups excluding carboxylic acids is 2. The van der Waals surface area contributed by atoms with Crippen molar-refractivity contribution in [3.63, 3.8) is 0 Å². The molecule has 2 atom stereocenters. The van der Waals surface area contributed by atoms with E-state index >= 15 is 0 Å². The molecule has 214 valence electrons. The van der Waals surface area contributed by atoms with Crippen molar-refractivity contribution in [1.82, 2.24) is 10.2 Å². The van der Waals surface area contributed by atoms with Gasteiger partial charge in [0.05, 0.1) is 17.7 Å². The van der Waals surface area contributed by atoms with Crippen LogP contribution in [0.25, 0.3) is 0 Å². The number of rotatable bonds is 12. The smallest absolute Gasteiger partial charge is 0.264 e. The maximum absolute atomic E-state index is 13.9. The number of benzene rings is 3.